The van der Waals surface area contributed by atoms with Gasteiger partial charge in [0.15, 0.2) is 11.5 Å². The van der Waals surface area contributed by atoms with Crippen LogP contribution in [0.4, 0.5) is 0 Å². The van der Waals surface area contributed by atoms with E-state index in [4.69, 9.17) is 9.47 Å². The van der Waals surface area contributed by atoms with Crippen LogP contribution in [-0.4, -0.2) is 39.3 Å². The Labute approximate surface area is 146 Å². The molecule has 1 aromatic rings. The molecule has 3 heteroatoms. The van der Waals surface area contributed by atoms with Crippen LogP contribution in [0.3, 0.4) is 0 Å². The summed E-state index contributed by atoms with van der Waals surface area (Å²) in [6.07, 6.45) is 6.22. The molecule has 0 radical (unpaired) electrons. The van der Waals surface area contributed by atoms with Gasteiger partial charge in [0.25, 0.3) is 0 Å². The number of likely N-dealkylation sites (N-methyl/N-ethyl adjacent to an activating group) is 1. The first-order valence-electron chi connectivity index (χ1n) is 9.04. The van der Waals surface area contributed by atoms with Crippen molar-refractivity contribution in [2.45, 2.75) is 33.1 Å². The minimum atomic E-state index is 0.522. The van der Waals surface area contributed by atoms with Crippen LogP contribution in [0.5, 0.6) is 11.5 Å². The van der Waals surface area contributed by atoms with E-state index in [-0.39, 0.29) is 0 Å². The highest BCUT2D eigenvalue weighted by molar-refractivity contribution is 5.43. The summed E-state index contributed by atoms with van der Waals surface area (Å²) in [5.74, 6) is 3.33. The number of hydrogen-bond acceptors (Lipinski definition) is 3. The molecular formula is C21H31NO2. The Balaban J connectivity index is 1.55. The van der Waals surface area contributed by atoms with Gasteiger partial charge >= 0.3 is 0 Å². The highest BCUT2D eigenvalue weighted by Crippen LogP contribution is 2.59. The van der Waals surface area contributed by atoms with Crippen molar-refractivity contribution in [2.75, 3.05) is 34.4 Å². The zero-order valence-electron chi connectivity index (χ0n) is 15.8. The van der Waals surface area contributed by atoms with E-state index in [2.05, 4.69) is 44.0 Å². The molecule has 3 aliphatic rings. The summed E-state index contributed by atoms with van der Waals surface area (Å²) in [7, 11) is 5.60. The smallest absolute Gasteiger partial charge is 0.160 e. The second-order valence-corrected chi connectivity index (χ2v) is 8.00. The summed E-state index contributed by atoms with van der Waals surface area (Å²) in [5.41, 5.74) is 3.48. The van der Waals surface area contributed by atoms with Gasteiger partial charge in [0.2, 0.25) is 0 Å². The molecular weight excluding hydrogens is 298 g/mol. The van der Waals surface area contributed by atoms with Gasteiger partial charge in [-0.2, -0.15) is 0 Å². The van der Waals surface area contributed by atoms with Gasteiger partial charge in [-0.25, -0.2) is 0 Å². The van der Waals surface area contributed by atoms with E-state index in [9.17, 15) is 0 Å². The Bertz CT molecular complexity index is 620. The molecule has 1 saturated carbocycles. The standard InChI is InChI=1S/C21H31NO2/c1-21(2)17-8-7-16(18(21)13-17)14-22(3)11-10-15-6-9-19(23-4)20(12-15)24-5/h6-7,9,12,17-18H,8,10-11,13-14H2,1-5H3/t17-,18+/m0/s1. The predicted octanol–water partition coefficient (Wildman–Crippen LogP) is 4.17. The van der Waals surface area contributed by atoms with Crippen molar-refractivity contribution >= 4 is 0 Å². The lowest BCUT2D eigenvalue weighted by Crippen LogP contribution is -2.49. The molecule has 2 atom stereocenters. The van der Waals surface area contributed by atoms with Crippen molar-refractivity contribution in [1.29, 1.82) is 0 Å². The van der Waals surface area contributed by atoms with Crippen LogP contribution in [-0.2, 0) is 6.42 Å². The maximum atomic E-state index is 5.40. The highest BCUT2D eigenvalue weighted by atomic mass is 16.5. The van der Waals surface area contributed by atoms with Gasteiger partial charge < -0.3 is 14.4 Å². The number of methoxy groups -OCH3 is 2. The molecule has 0 unspecified atom stereocenters. The van der Waals surface area contributed by atoms with Crippen LogP contribution in [0.25, 0.3) is 0 Å². The van der Waals surface area contributed by atoms with Crippen LogP contribution in [0.1, 0.15) is 32.3 Å². The van der Waals surface area contributed by atoms with Gasteiger partial charge in [-0.15, -0.1) is 0 Å². The molecule has 3 nitrogen and oxygen atoms in total. The van der Waals surface area contributed by atoms with Crippen molar-refractivity contribution < 1.29 is 9.47 Å². The fraction of sp³-hybridized carbons (Fsp3) is 0.619. The molecule has 2 bridgehead atoms. The minimum absolute atomic E-state index is 0.522. The van der Waals surface area contributed by atoms with Crippen LogP contribution in [0, 0.1) is 17.3 Å². The van der Waals surface area contributed by atoms with Gasteiger partial charge in [0.05, 0.1) is 14.2 Å². The van der Waals surface area contributed by atoms with E-state index in [1.54, 1.807) is 19.8 Å². The molecule has 0 saturated heterocycles. The normalized spacial score (nSPS) is 24.3. The molecule has 0 spiro atoms. The quantitative estimate of drug-likeness (QED) is 0.701. The lowest BCUT2D eigenvalue weighted by molar-refractivity contribution is -0.00994. The molecule has 1 fully saturated rings. The number of nitrogens with zero attached hydrogens (tertiary/aromatic N) is 1. The molecule has 0 aromatic heterocycles. The van der Waals surface area contributed by atoms with Crippen molar-refractivity contribution in [1.82, 2.24) is 4.90 Å². The van der Waals surface area contributed by atoms with Crippen molar-refractivity contribution in [3.05, 3.63) is 35.4 Å². The summed E-state index contributed by atoms with van der Waals surface area (Å²) in [6.45, 7) is 7.06. The fourth-order valence-corrected chi connectivity index (χ4v) is 4.40. The molecule has 0 heterocycles. The summed E-state index contributed by atoms with van der Waals surface area (Å²) < 4.78 is 10.7. The van der Waals surface area contributed by atoms with Gasteiger partial charge in [0, 0.05) is 13.1 Å². The first-order chi connectivity index (χ1) is 11.5. The second kappa shape index (κ2) is 6.79. The average molecular weight is 329 g/mol. The molecule has 132 valence electrons. The first kappa shape index (κ1) is 17.3. The van der Waals surface area contributed by atoms with Crippen molar-refractivity contribution in [2.24, 2.45) is 17.3 Å². The number of rotatable bonds is 7. The van der Waals surface area contributed by atoms with Crippen LogP contribution >= 0.6 is 0 Å². The van der Waals surface area contributed by atoms with E-state index in [1.165, 1.54) is 18.4 Å². The third kappa shape index (κ3) is 3.19. The van der Waals surface area contributed by atoms with Crippen LogP contribution in [0.15, 0.2) is 29.8 Å². The van der Waals surface area contributed by atoms with E-state index in [1.807, 2.05) is 6.07 Å². The summed E-state index contributed by atoms with van der Waals surface area (Å²) in [4.78, 5) is 2.46. The largest absolute Gasteiger partial charge is 0.493 e. The summed E-state index contributed by atoms with van der Waals surface area (Å²) in [5, 5.41) is 0. The van der Waals surface area contributed by atoms with Crippen molar-refractivity contribution in [3.8, 4) is 11.5 Å². The van der Waals surface area contributed by atoms with Gasteiger partial charge in [-0.05, 0) is 61.3 Å². The zero-order valence-corrected chi connectivity index (χ0v) is 15.8. The van der Waals surface area contributed by atoms with E-state index in [0.717, 1.165) is 42.8 Å². The number of allylic oxidation sites excluding steroid dienone is 1. The summed E-state index contributed by atoms with van der Waals surface area (Å²) >= 11 is 0. The monoisotopic (exact) mass is 329 g/mol. The Morgan fingerprint density at radius 3 is 2.54 bits per heavy atom. The topological polar surface area (TPSA) is 21.7 Å². The average Bonchev–Trinajstić information content (AvgIpc) is 2.59. The second-order valence-electron chi connectivity index (χ2n) is 8.00. The van der Waals surface area contributed by atoms with Crippen molar-refractivity contribution in [3.63, 3.8) is 0 Å². The Morgan fingerprint density at radius 1 is 1.17 bits per heavy atom. The Hall–Kier alpha value is -1.48. The van der Waals surface area contributed by atoms with E-state index < -0.39 is 0 Å². The van der Waals surface area contributed by atoms with Gasteiger partial charge in [0.1, 0.15) is 0 Å². The number of fused-ring (bicyclic) bond motifs is 1. The lowest BCUT2D eigenvalue weighted by atomic mass is 9.49. The molecule has 1 aromatic carbocycles. The van der Waals surface area contributed by atoms with Crippen LogP contribution < -0.4 is 9.47 Å². The minimum Gasteiger partial charge on any atom is -0.493 e. The molecule has 0 N–H and O–H groups in total. The molecule has 4 rings (SSSR count). The number of hydrogen-bond donors (Lipinski definition) is 0. The first-order valence-corrected chi connectivity index (χ1v) is 9.04. The number of benzene rings is 1. The van der Waals surface area contributed by atoms with Gasteiger partial charge in [-0.3, -0.25) is 0 Å². The fourth-order valence-electron chi connectivity index (χ4n) is 4.40. The molecule has 0 amide bonds. The number of ether oxygens (including phenoxy) is 2. The maximum absolute atomic E-state index is 5.40. The Morgan fingerprint density at radius 2 is 1.92 bits per heavy atom. The molecule has 0 aliphatic heterocycles. The van der Waals surface area contributed by atoms with Crippen LogP contribution in [0.2, 0.25) is 0 Å². The Kier molecular flexibility index (Phi) is 4.91. The maximum Gasteiger partial charge on any atom is 0.160 e. The zero-order chi connectivity index (χ0) is 17.3. The van der Waals surface area contributed by atoms with E-state index >= 15 is 0 Å². The lowest BCUT2D eigenvalue weighted by Gasteiger charge is -2.57. The van der Waals surface area contributed by atoms with Gasteiger partial charge in [-0.1, -0.05) is 31.6 Å². The predicted molar refractivity (Wildman–Crippen MR) is 98.8 cm³/mol. The highest BCUT2D eigenvalue weighted by Gasteiger charge is 2.50. The van der Waals surface area contributed by atoms with E-state index in [0.29, 0.717) is 5.41 Å². The third-order valence-electron chi connectivity index (χ3n) is 6.27. The third-order valence-corrected chi connectivity index (χ3v) is 6.27. The summed E-state index contributed by atoms with van der Waals surface area (Å²) in [6, 6.07) is 6.22. The molecule has 24 heavy (non-hydrogen) atoms. The SMILES string of the molecule is COc1ccc(CCN(C)CC2=CC[C@H]3C[C@H]2C3(C)C)cc1OC. The molecule has 3 aliphatic carbocycles.